The van der Waals surface area contributed by atoms with Gasteiger partial charge >= 0.3 is 0 Å². The maximum atomic E-state index is 12.6. The van der Waals surface area contributed by atoms with Crippen molar-refractivity contribution < 1.29 is 14.6 Å². The normalized spacial score (nSPS) is 27.3. The van der Waals surface area contributed by atoms with E-state index in [4.69, 9.17) is 4.74 Å². The number of hydrogen-bond donors (Lipinski definition) is 1. The zero-order valence-electron chi connectivity index (χ0n) is 11.7. The maximum absolute atomic E-state index is 12.6. The van der Waals surface area contributed by atoms with Crippen LogP contribution < -0.4 is 9.64 Å². The van der Waals surface area contributed by atoms with Gasteiger partial charge in [-0.3, -0.25) is 9.69 Å². The summed E-state index contributed by atoms with van der Waals surface area (Å²) in [4.78, 5) is 16.5. The third-order valence-corrected chi connectivity index (χ3v) is 4.19. The Bertz CT molecular complexity index is 506. The molecule has 0 aromatic heterocycles. The predicted molar refractivity (Wildman–Crippen MR) is 75.9 cm³/mol. The first-order valence-corrected chi connectivity index (χ1v) is 7.07. The number of likely N-dealkylation sites (tertiary alicyclic amines) is 1. The molecule has 5 nitrogen and oxygen atoms in total. The van der Waals surface area contributed by atoms with E-state index < -0.39 is 0 Å². The second-order valence-electron chi connectivity index (χ2n) is 5.40. The first-order chi connectivity index (χ1) is 9.70. The third-order valence-electron chi connectivity index (χ3n) is 4.19. The molecular formula is C15H20N2O3. The first kappa shape index (κ1) is 13.4. The summed E-state index contributed by atoms with van der Waals surface area (Å²) in [6, 6.07) is 7.50. The van der Waals surface area contributed by atoms with E-state index in [0.717, 1.165) is 30.8 Å². The molecule has 2 aliphatic heterocycles. The van der Waals surface area contributed by atoms with E-state index in [-0.39, 0.29) is 18.1 Å². The second-order valence-corrected chi connectivity index (χ2v) is 5.40. The standard InChI is InChI=1S/C15H20N2O3/c1-20-14-5-3-2-4-12(14)17-9-7-13(15(17)19)16-8-6-11(18)10-16/h2-5,11,13,18H,6-10H2,1H3/t11-,13?/m0/s1. The molecule has 5 heteroatoms. The van der Waals surface area contributed by atoms with Crippen molar-refractivity contribution in [2.24, 2.45) is 0 Å². The number of methoxy groups -OCH3 is 1. The average Bonchev–Trinajstić information content (AvgIpc) is 3.05. The minimum absolute atomic E-state index is 0.0999. The summed E-state index contributed by atoms with van der Waals surface area (Å²) in [6.07, 6.45) is 1.28. The van der Waals surface area contributed by atoms with Crippen molar-refractivity contribution in [1.29, 1.82) is 0 Å². The Hall–Kier alpha value is -1.59. The monoisotopic (exact) mass is 276 g/mol. The van der Waals surface area contributed by atoms with Crippen molar-refractivity contribution in [1.82, 2.24) is 4.90 Å². The lowest BCUT2D eigenvalue weighted by atomic mass is 10.2. The first-order valence-electron chi connectivity index (χ1n) is 7.07. The molecule has 3 rings (SSSR count). The number of para-hydroxylation sites is 2. The van der Waals surface area contributed by atoms with E-state index >= 15 is 0 Å². The van der Waals surface area contributed by atoms with E-state index in [9.17, 15) is 9.90 Å². The van der Waals surface area contributed by atoms with Gasteiger partial charge in [0.1, 0.15) is 5.75 Å². The van der Waals surface area contributed by atoms with Crippen LogP contribution in [0.15, 0.2) is 24.3 Å². The van der Waals surface area contributed by atoms with E-state index in [0.29, 0.717) is 13.1 Å². The topological polar surface area (TPSA) is 53.0 Å². The number of benzene rings is 1. The van der Waals surface area contributed by atoms with Crippen molar-refractivity contribution in [2.45, 2.75) is 25.0 Å². The molecule has 2 saturated heterocycles. The molecule has 20 heavy (non-hydrogen) atoms. The van der Waals surface area contributed by atoms with Crippen molar-refractivity contribution in [2.75, 3.05) is 31.6 Å². The van der Waals surface area contributed by atoms with Gasteiger partial charge in [-0.25, -0.2) is 0 Å². The molecule has 108 valence electrons. The number of nitrogens with zero attached hydrogens (tertiary/aromatic N) is 2. The molecule has 0 aliphatic carbocycles. The van der Waals surface area contributed by atoms with Gasteiger partial charge in [-0.2, -0.15) is 0 Å². The largest absolute Gasteiger partial charge is 0.495 e. The number of aliphatic hydroxyl groups excluding tert-OH is 1. The molecule has 0 saturated carbocycles. The molecule has 1 unspecified atom stereocenters. The number of aliphatic hydroxyl groups is 1. The molecule has 1 aromatic carbocycles. The molecule has 2 heterocycles. The molecule has 1 aromatic rings. The van der Waals surface area contributed by atoms with Crippen LogP contribution in [0.25, 0.3) is 0 Å². The third kappa shape index (κ3) is 2.27. The lowest BCUT2D eigenvalue weighted by molar-refractivity contribution is -0.121. The minimum Gasteiger partial charge on any atom is -0.495 e. The van der Waals surface area contributed by atoms with E-state index in [1.54, 1.807) is 12.0 Å². The average molecular weight is 276 g/mol. The Kier molecular flexibility index (Phi) is 3.63. The van der Waals surface area contributed by atoms with E-state index in [1.807, 2.05) is 24.3 Å². The van der Waals surface area contributed by atoms with Gasteiger partial charge in [0.15, 0.2) is 0 Å². The Labute approximate surface area is 118 Å². The smallest absolute Gasteiger partial charge is 0.244 e. The fraction of sp³-hybridized carbons (Fsp3) is 0.533. The molecule has 0 radical (unpaired) electrons. The molecule has 2 aliphatic rings. The summed E-state index contributed by atoms with van der Waals surface area (Å²) in [6.45, 7) is 2.12. The van der Waals surface area contributed by atoms with Crippen molar-refractivity contribution in [3.8, 4) is 5.75 Å². The number of carbonyl (C=O) groups excluding carboxylic acids is 1. The van der Waals surface area contributed by atoms with Gasteiger partial charge in [0, 0.05) is 19.6 Å². The van der Waals surface area contributed by atoms with Crippen LogP contribution in [0.5, 0.6) is 5.75 Å². The van der Waals surface area contributed by atoms with Crippen LogP contribution >= 0.6 is 0 Å². The van der Waals surface area contributed by atoms with Crippen molar-refractivity contribution in [3.05, 3.63) is 24.3 Å². The Morgan fingerprint density at radius 3 is 2.75 bits per heavy atom. The number of β-amino-alcohol motifs (C(OH)–C–C–N with tert-alkyl or cyclic N) is 1. The van der Waals surface area contributed by atoms with Crippen LogP contribution in [-0.4, -0.2) is 54.8 Å². The highest BCUT2D eigenvalue weighted by Crippen LogP contribution is 2.32. The van der Waals surface area contributed by atoms with Gasteiger partial charge in [0.05, 0.1) is 24.9 Å². The predicted octanol–water partition coefficient (Wildman–Crippen LogP) is 0.867. The summed E-state index contributed by atoms with van der Waals surface area (Å²) in [7, 11) is 1.62. The summed E-state index contributed by atoms with van der Waals surface area (Å²) < 4.78 is 5.34. The second kappa shape index (κ2) is 5.42. The van der Waals surface area contributed by atoms with E-state index in [1.165, 1.54) is 0 Å². The molecule has 1 N–H and O–H groups in total. The zero-order chi connectivity index (χ0) is 14.1. The maximum Gasteiger partial charge on any atom is 0.244 e. The Morgan fingerprint density at radius 1 is 1.25 bits per heavy atom. The molecule has 1 amide bonds. The van der Waals surface area contributed by atoms with Crippen LogP contribution in [0.1, 0.15) is 12.8 Å². The number of carbonyl (C=O) groups is 1. The van der Waals surface area contributed by atoms with Crippen LogP contribution in [0.4, 0.5) is 5.69 Å². The summed E-state index contributed by atoms with van der Waals surface area (Å²) >= 11 is 0. The SMILES string of the molecule is COc1ccccc1N1CCC(N2CC[C@H](O)C2)C1=O. The van der Waals surface area contributed by atoms with Gasteiger partial charge in [-0.15, -0.1) is 0 Å². The highest BCUT2D eigenvalue weighted by molar-refractivity contribution is 6.00. The molecule has 2 atom stereocenters. The van der Waals surface area contributed by atoms with Gasteiger partial charge in [-0.05, 0) is 25.0 Å². The Balaban J connectivity index is 1.78. The van der Waals surface area contributed by atoms with Crippen molar-refractivity contribution >= 4 is 11.6 Å². The van der Waals surface area contributed by atoms with Crippen LogP contribution in [0.2, 0.25) is 0 Å². The number of ether oxygens (including phenoxy) is 1. The van der Waals surface area contributed by atoms with Crippen LogP contribution in [0.3, 0.4) is 0 Å². The number of hydrogen-bond acceptors (Lipinski definition) is 4. The minimum atomic E-state index is -0.289. The quantitative estimate of drug-likeness (QED) is 0.890. The van der Waals surface area contributed by atoms with Crippen LogP contribution in [-0.2, 0) is 4.79 Å². The fourth-order valence-corrected chi connectivity index (χ4v) is 3.15. The molecular weight excluding hydrogens is 256 g/mol. The highest BCUT2D eigenvalue weighted by atomic mass is 16.5. The molecule has 2 fully saturated rings. The van der Waals surface area contributed by atoms with Gasteiger partial charge < -0.3 is 14.7 Å². The fourth-order valence-electron chi connectivity index (χ4n) is 3.15. The van der Waals surface area contributed by atoms with Gasteiger partial charge in [-0.1, -0.05) is 12.1 Å². The summed E-state index contributed by atoms with van der Waals surface area (Å²) in [5.41, 5.74) is 0.835. The Morgan fingerprint density at radius 2 is 2.05 bits per heavy atom. The summed E-state index contributed by atoms with van der Waals surface area (Å²) in [5, 5.41) is 9.62. The number of anilines is 1. The zero-order valence-corrected chi connectivity index (χ0v) is 11.7. The van der Waals surface area contributed by atoms with Crippen LogP contribution in [0, 0.1) is 0 Å². The van der Waals surface area contributed by atoms with Crippen molar-refractivity contribution in [3.63, 3.8) is 0 Å². The highest BCUT2D eigenvalue weighted by Gasteiger charge is 2.39. The van der Waals surface area contributed by atoms with Gasteiger partial charge in [0.25, 0.3) is 0 Å². The number of amides is 1. The van der Waals surface area contributed by atoms with Gasteiger partial charge in [0.2, 0.25) is 5.91 Å². The summed E-state index contributed by atoms with van der Waals surface area (Å²) in [5.74, 6) is 0.839. The molecule has 0 bridgehead atoms. The lowest BCUT2D eigenvalue weighted by Crippen LogP contribution is -2.41. The van der Waals surface area contributed by atoms with E-state index in [2.05, 4.69) is 4.90 Å². The number of rotatable bonds is 3. The molecule has 0 spiro atoms. The lowest BCUT2D eigenvalue weighted by Gasteiger charge is -2.23.